The summed E-state index contributed by atoms with van der Waals surface area (Å²) in [7, 11) is 1.90. The van der Waals surface area contributed by atoms with Crippen molar-refractivity contribution in [3.05, 3.63) is 17.7 Å². The lowest BCUT2D eigenvalue weighted by molar-refractivity contribution is 0.174. The Labute approximate surface area is 95.0 Å². The zero-order chi connectivity index (χ0) is 11.7. The molecule has 0 aliphatic carbocycles. The first-order chi connectivity index (χ1) is 7.63. The summed E-state index contributed by atoms with van der Waals surface area (Å²) in [5.41, 5.74) is 2.08. The third-order valence-electron chi connectivity index (χ3n) is 2.84. The van der Waals surface area contributed by atoms with Crippen LogP contribution in [0.3, 0.4) is 0 Å². The quantitative estimate of drug-likeness (QED) is 0.762. The fraction of sp³-hybridized carbons (Fsp3) is 0.417. The normalized spacial score (nSPS) is 14.4. The highest BCUT2D eigenvalue weighted by Crippen LogP contribution is 2.38. The molecule has 1 unspecified atom stereocenters. The first-order valence-electron chi connectivity index (χ1n) is 5.16. The van der Waals surface area contributed by atoms with E-state index in [9.17, 15) is 0 Å². The van der Waals surface area contributed by atoms with Crippen LogP contribution in [-0.4, -0.2) is 19.9 Å². The van der Waals surface area contributed by atoms with Gasteiger partial charge in [-0.2, -0.15) is 5.26 Å². The number of hydrogen-bond donors (Lipinski definition) is 0. The molecule has 1 aliphatic rings. The van der Waals surface area contributed by atoms with Crippen molar-refractivity contribution in [2.75, 3.05) is 18.7 Å². The van der Waals surface area contributed by atoms with E-state index >= 15 is 0 Å². The van der Waals surface area contributed by atoms with E-state index in [2.05, 4.69) is 6.07 Å². The Balaban J connectivity index is 2.39. The topological polar surface area (TPSA) is 45.5 Å². The van der Waals surface area contributed by atoms with Crippen LogP contribution in [0, 0.1) is 18.3 Å². The van der Waals surface area contributed by atoms with Gasteiger partial charge in [0.25, 0.3) is 0 Å². The maximum atomic E-state index is 8.90. The summed E-state index contributed by atoms with van der Waals surface area (Å²) in [5.74, 6) is 1.52. The molecule has 0 bridgehead atoms. The average Bonchev–Trinajstić information content (AvgIpc) is 2.72. The molecule has 0 radical (unpaired) electrons. The standard InChI is InChI=1S/C12H14N2O2/c1-8-4-11-12(16-7-15-11)5-10(8)14(3)9(2)6-13/h4-5,9H,7H2,1-3H3. The van der Waals surface area contributed by atoms with Crippen molar-refractivity contribution in [1.29, 1.82) is 5.26 Å². The van der Waals surface area contributed by atoms with Gasteiger partial charge in [-0.05, 0) is 25.5 Å². The summed E-state index contributed by atoms with van der Waals surface area (Å²) in [6.07, 6.45) is 0. The maximum Gasteiger partial charge on any atom is 0.231 e. The zero-order valence-corrected chi connectivity index (χ0v) is 9.65. The van der Waals surface area contributed by atoms with Gasteiger partial charge in [0.05, 0.1) is 6.07 Å². The van der Waals surface area contributed by atoms with Gasteiger partial charge in [0.2, 0.25) is 6.79 Å². The Kier molecular flexibility index (Phi) is 2.61. The monoisotopic (exact) mass is 218 g/mol. The second-order valence-corrected chi connectivity index (χ2v) is 3.91. The molecule has 0 saturated heterocycles. The molecule has 84 valence electrons. The molecule has 0 aromatic heterocycles. The number of rotatable bonds is 2. The molecular formula is C12H14N2O2. The van der Waals surface area contributed by atoms with Crippen LogP contribution in [-0.2, 0) is 0 Å². The molecule has 4 heteroatoms. The fourth-order valence-corrected chi connectivity index (χ4v) is 1.71. The van der Waals surface area contributed by atoms with Gasteiger partial charge in [0.1, 0.15) is 6.04 Å². The molecule has 1 atom stereocenters. The van der Waals surface area contributed by atoms with E-state index in [1.54, 1.807) is 0 Å². The Morgan fingerprint density at radius 2 is 2.00 bits per heavy atom. The summed E-state index contributed by atoms with van der Waals surface area (Å²) >= 11 is 0. The molecule has 16 heavy (non-hydrogen) atoms. The fourth-order valence-electron chi connectivity index (χ4n) is 1.71. The van der Waals surface area contributed by atoms with Crippen molar-refractivity contribution in [1.82, 2.24) is 0 Å². The highest BCUT2D eigenvalue weighted by molar-refractivity contribution is 5.62. The van der Waals surface area contributed by atoms with Gasteiger partial charge in [-0.25, -0.2) is 0 Å². The molecule has 1 aromatic rings. The van der Waals surface area contributed by atoms with Crippen molar-refractivity contribution >= 4 is 5.69 Å². The Bertz CT molecular complexity index is 451. The van der Waals surface area contributed by atoms with E-state index in [1.807, 2.05) is 37.9 Å². The SMILES string of the molecule is Cc1cc2c(cc1N(C)C(C)C#N)OCO2. The highest BCUT2D eigenvalue weighted by atomic mass is 16.7. The van der Waals surface area contributed by atoms with Gasteiger partial charge in [0.15, 0.2) is 11.5 Å². The van der Waals surface area contributed by atoms with Gasteiger partial charge >= 0.3 is 0 Å². The lowest BCUT2D eigenvalue weighted by atomic mass is 10.1. The molecule has 0 spiro atoms. The van der Waals surface area contributed by atoms with Crippen LogP contribution in [0.4, 0.5) is 5.69 Å². The molecule has 1 aromatic carbocycles. The second-order valence-electron chi connectivity index (χ2n) is 3.91. The summed E-state index contributed by atoms with van der Waals surface area (Å²) < 4.78 is 10.6. The van der Waals surface area contributed by atoms with E-state index in [0.29, 0.717) is 0 Å². The third kappa shape index (κ3) is 1.65. The number of nitriles is 1. The van der Waals surface area contributed by atoms with Crippen molar-refractivity contribution in [2.45, 2.75) is 19.9 Å². The number of fused-ring (bicyclic) bond motifs is 1. The Morgan fingerprint density at radius 3 is 2.62 bits per heavy atom. The smallest absolute Gasteiger partial charge is 0.231 e. The van der Waals surface area contributed by atoms with Gasteiger partial charge in [-0.1, -0.05) is 0 Å². The number of ether oxygens (including phenoxy) is 2. The number of aryl methyl sites for hydroxylation is 1. The molecule has 1 heterocycles. The van der Waals surface area contributed by atoms with Crippen LogP contribution >= 0.6 is 0 Å². The molecule has 1 aliphatic heterocycles. The molecule has 2 rings (SSSR count). The number of benzene rings is 1. The van der Waals surface area contributed by atoms with Gasteiger partial charge in [0, 0.05) is 18.8 Å². The number of anilines is 1. The number of hydrogen-bond acceptors (Lipinski definition) is 4. The molecule has 0 N–H and O–H groups in total. The molecule has 0 amide bonds. The molecule has 0 saturated carbocycles. The summed E-state index contributed by atoms with van der Waals surface area (Å²) in [5, 5.41) is 8.90. The van der Waals surface area contributed by atoms with Crippen molar-refractivity contribution in [3.63, 3.8) is 0 Å². The van der Waals surface area contributed by atoms with E-state index in [-0.39, 0.29) is 12.8 Å². The lowest BCUT2D eigenvalue weighted by Gasteiger charge is -2.23. The maximum absolute atomic E-state index is 8.90. The van der Waals surface area contributed by atoms with E-state index in [1.165, 1.54) is 0 Å². The van der Waals surface area contributed by atoms with Crippen LogP contribution in [0.25, 0.3) is 0 Å². The third-order valence-corrected chi connectivity index (χ3v) is 2.84. The average molecular weight is 218 g/mol. The molecule has 0 fully saturated rings. The minimum atomic E-state index is -0.168. The molecule has 4 nitrogen and oxygen atoms in total. The van der Waals surface area contributed by atoms with Crippen LogP contribution in [0.2, 0.25) is 0 Å². The minimum Gasteiger partial charge on any atom is -0.454 e. The largest absolute Gasteiger partial charge is 0.454 e. The Hall–Kier alpha value is -1.89. The summed E-state index contributed by atoms with van der Waals surface area (Å²) in [4.78, 5) is 1.93. The second kappa shape index (κ2) is 3.93. The van der Waals surface area contributed by atoms with Crippen LogP contribution in [0.5, 0.6) is 11.5 Å². The first-order valence-corrected chi connectivity index (χ1v) is 5.16. The van der Waals surface area contributed by atoms with Crippen LogP contribution in [0.1, 0.15) is 12.5 Å². The van der Waals surface area contributed by atoms with E-state index in [4.69, 9.17) is 14.7 Å². The van der Waals surface area contributed by atoms with Gasteiger partial charge in [-0.3, -0.25) is 0 Å². The molecular weight excluding hydrogens is 204 g/mol. The van der Waals surface area contributed by atoms with Crippen molar-refractivity contribution < 1.29 is 9.47 Å². The van der Waals surface area contributed by atoms with E-state index in [0.717, 1.165) is 22.7 Å². The zero-order valence-electron chi connectivity index (χ0n) is 9.65. The predicted molar refractivity (Wildman–Crippen MR) is 60.8 cm³/mol. The predicted octanol–water partition coefficient (Wildman–Crippen LogP) is 2.07. The summed E-state index contributed by atoms with van der Waals surface area (Å²) in [6.45, 7) is 4.14. The minimum absolute atomic E-state index is 0.168. The van der Waals surface area contributed by atoms with Crippen molar-refractivity contribution in [2.24, 2.45) is 0 Å². The van der Waals surface area contributed by atoms with Crippen LogP contribution in [0.15, 0.2) is 12.1 Å². The van der Waals surface area contributed by atoms with E-state index < -0.39 is 0 Å². The van der Waals surface area contributed by atoms with Gasteiger partial charge in [-0.15, -0.1) is 0 Å². The van der Waals surface area contributed by atoms with Crippen LogP contribution < -0.4 is 14.4 Å². The summed E-state index contributed by atoms with van der Waals surface area (Å²) in [6, 6.07) is 5.91. The lowest BCUT2D eigenvalue weighted by Crippen LogP contribution is -2.27. The Morgan fingerprint density at radius 1 is 1.38 bits per heavy atom. The highest BCUT2D eigenvalue weighted by Gasteiger charge is 2.19. The van der Waals surface area contributed by atoms with Crippen molar-refractivity contribution in [3.8, 4) is 17.6 Å². The van der Waals surface area contributed by atoms with Gasteiger partial charge < -0.3 is 14.4 Å². The first kappa shape index (κ1) is 10.6. The number of nitrogens with zero attached hydrogens (tertiary/aromatic N) is 2.